The molecule has 1 fully saturated rings. The molecule has 0 spiro atoms. The van der Waals surface area contributed by atoms with Crippen LogP contribution >= 0.6 is 11.6 Å². The summed E-state index contributed by atoms with van der Waals surface area (Å²) in [5, 5.41) is 10.5. The first-order valence-electron chi connectivity index (χ1n) is 6.85. The Kier molecular flexibility index (Phi) is 3.38. The number of nitriles is 1. The number of fused-ring (bicyclic) bond motifs is 1. The minimum atomic E-state index is -0.562. The van der Waals surface area contributed by atoms with Crippen molar-refractivity contribution in [2.24, 2.45) is 0 Å². The number of halogens is 1. The van der Waals surface area contributed by atoms with E-state index in [1.165, 1.54) is 12.8 Å². The Morgan fingerprint density at radius 3 is 2.79 bits per heavy atom. The average Bonchev–Trinajstić information content (AvgIpc) is 2.89. The summed E-state index contributed by atoms with van der Waals surface area (Å²) in [5.74, 6) is 0.815. The molecule has 1 aromatic rings. The lowest BCUT2D eigenvalue weighted by molar-refractivity contribution is 0.162. The lowest BCUT2D eigenvalue weighted by Gasteiger charge is -2.35. The van der Waals surface area contributed by atoms with E-state index in [1.807, 2.05) is 18.2 Å². The zero-order chi connectivity index (χ0) is 13.3. The van der Waals surface area contributed by atoms with Crippen LogP contribution in [0.1, 0.15) is 31.2 Å². The van der Waals surface area contributed by atoms with Gasteiger partial charge in [0.2, 0.25) is 0 Å². The van der Waals surface area contributed by atoms with Crippen LogP contribution in [-0.4, -0.2) is 24.6 Å². The highest BCUT2D eigenvalue weighted by Gasteiger charge is 2.43. The molecule has 2 heterocycles. The van der Waals surface area contributed by atoms with E-state index in [9.17, 15) is 5.26 Å². The lowest BCUT2D eigenvalue weighted by atomic mass is 9.85. The topological polar surface area (TPSA) is 36.3 Å². The van der Waals surface area contributed by atoms with E-state index in [0.717, 1.165) is 37.2 Å². The van der Waals surface area contributed by atoms with Crippen LogP contribution in [0.25, 0.3) is 0 Å². The van der Waals surface area contributed by atoms with E-state index in [0.29, 0.717) is 11.6 Å². The number of likely N-dealkylation sites (tertiary alicyclic amines) is 1. The maximum atomic E-state index is 9.87. The minimum Gasteiger partial charge on any atom is -0.493 e. The molecule has 0 amide bonds. The summed E-state index contributed by atoms with van der Waals surface area (Å²) >= 11 is 6.14. The standard InChI is InChI=1S/C15H17ClN2O/c16-12-4-5-14-13(10-12)15(11-17,6-3-9-19-14)18-7-1-2-8-18/h4-5,10H,1-3,6-9H2. The highest BCUT2D eigenvalue weighted by atomic mass is 35.5. The van der Waals surface area contributed by atoms with Crippen LogP contribution in [0.3, 0.4) is 0 Å². The molecule has 3 rings (SSSR count). The summed E-state index contributed by atoms with van der Waals surface area (Å²) in [6.45, 7) is 2.64. The number of benzene rings is 1. The number of hydrogen-bond donors (Lipinski definition) is 0. The first-order chi connectivity index (χ1) is 9.26. The van der Waals surface area contributed by atoms with Gasteiger partial charge in [-0.25, -0.2) is 0 Å². The van der Waals surface area contributed by atoms with Gasteiger partial charge in [-0.15, -0.1) is 0 Å². The van der Waals surface area contributed by atoms with Crippen molar-refractivity contribution in [2.45, 2.75) is 31.2 Å². The van der Waals surface area contributed by atoms with Gasteiger partial charge in [0.25, 0.3) is 0 Å². The molecule has 1 aromatic carbocycles. The molecule has 0 aliphatic carbocycles. The third-order valence-electron chi connectivity index (χ3n) is 4.16. The molecular formula is C15H17ClN2O. The fraction of sp³-hybridized carbons (Fsp3) is 0.533. The highest BCUT2D eigenvalue weighted by molar-refractivity contribution is 6.30. The molecule has 1 unspecified atom stereocenters. The number of rotatable bonds is 1. The van der Waals surface area contributed by atoms with E-state index < -0.39 is 5.54 Å². The van der Waals surface area contributed by atoms with Crippen LogP contribution < -0.4 is 4.74 Å². The Morgan fingerprint density at radius 2 is 2.05 bits per heavy atom. The second-order valence-electron chi connectivity index (χ2n) is 5.26. The van der Waals surface area contributed by atoms with Gasteiger partial charge in [0.05, 0.1) is 12.7 Å². The van der Waals surface area contributed by atoms with Crippen molar-refractivity contribution >= 4 is 11.6 Å². The largest absolute Gasteiger partial charge is 0.493 e. The molecule has 2 aliphatic heterocycles. The first kappa shape index (κ1) is 12.8. The SMILES string of the molecule is N#CC1(N2CCCC2)CCCOc2ccc(Cl)cc21. The molecule has 0 saturated carbocycles. The summed E-state index contributed by atoms with van der Waals surface area (Å²) in [7, 11) is 0. The minimum absolute atomic E-state index is 0.562. The predicted octanol–water partition coefficient (Wildman–Crippen LogP) is 3.33. The fourth-order valence-corrected chi connectivity index (χ4v) is 3.38. The van der Waals surface area contributed by atoms with Crippen LogP contribution in [0.15, 0.2) is 18.2 Å². The van der Waals surface area contributed by atoms with Crippen molar-refractivity contribution in [3.63, 3.8) is 0 Å². The molecule has 3 nitrogen and oxygen atoms in total. The summed E-state index contributed by atoms with van der Waals surface area (Å²) in [6.07, 6.45) is 4.05. The van der Waals surface area contributed by atoms with Crippen molar-refractivity contribution in [1.82, 2.24) is 4.90 Å². The molecule has 2 aliphatic rings. The van der Waals surface area contributed by atoms with Crippen molar-refractivity contribution in [1.29, 1.82) is 5.26 Å². The van der Waals surface area contributed by atoms with Gasteiger partial charge in [0, 0.05) is 23.7 Å². The third kappa shape index (κ3) is 2.09. The second kappa shape index (κ2) is 5.03. The summed E-state index contributed by atoms with van der Waals surface area (Å²) in [6, 6.07) is 8.20. The van der Waals surface area contributed by atoms with Crippen molar-refractivity contribution in [2.75, 3.05) is 19.7 Å². The summed E-state index contributed by atoms with van der Waals surface area (Å²) in [4.78, 5) is 2.30. The lowest BCUT2D eigenvalue weighted by Crippen LogP contribution is -2.43. The second-order valence-corrected chi connectivity index (χ2v) is 5.70. The van der Waals surface area contributed by atoms with E-state index >= 15 is 0 Å². The van der Waals surface area contributed by atoms with Crippen molar-refractivity contribution < 1.29 is 4.74 Å². The van der Waals surface area contributed by atoms with E-state index in [1.54, 1.807) is 0 Å². The van der Waals surface area contributed by atoms with Crippen LogP contribution in [0, 0.1) is 11.3 Å². The van der Waals surface area contributed by atoms with Gasteiger partial charge in [0.15, 0.2) is 0 Å². The molecule has 0 bridgehead atoms. The molecule has 1 atom stereocenters. The smallest absolute Gasteiger partial charge is 0.138 e. The van der Waals surface area contributed by atoms with E-state index in [-0.39, 0.29) is 0 Å². The maximum absolute atomic E-state index is 9.87. The molecule has 19 heavy (non-hydrogen) atoms. The van der Waals surface area contributed by atoms with Gasteiger partial charge in [-0.05, 0) is 43.9 Å². The third-order valence-corrected chi connectivity index (χ3v) is 4.39. The van der Waals surface area contributed by atoms with Gasteiger partial charge in [0.1, 0.15) is 11.3 Å². The highest BCUT2D eigenvalue weighted by Crippen LogP contribution is 2.43. The molecule has 0 radical (unpaired) electrons. The maximum Gasteiger partial charge on any atom is 0.138 e. The van der Waals surface area contributed by atoms with Gasteiger partial charge in [-0.3, -0.25) is 4.90 Å². The number of ether oxygens (including phenoxy) is 1. The fourth-order valence-electron chi connectivity index (χ4n) is 3.21. The molecule has 4 heteroatoms. The van der Waals surface area contributed by atoms with Crippen LogP contribution in [0.2, 0.25) is 5.02 Å². The van der Waals surface area contributed by atoms with Gasteiger partial charge >= 0.3 is 0 Å². The quantitative estimate of drug-likeness (QED) is 0.789. The molecule has 0 aromatic heterocycles. The predicted molar refractivity (Wildman–Crippen MR) is 74.3 cm³/mol. The Bertz CT molecular complexity index is 519. The summed E-state index contributed by atoms with van der Waals surface area (Å²) in [5.41, 5.74) is 0.384. The van der Waals surface area contributed by atoms with Gasteiger partial charge < -0.3 is 4.74 Å². The molecule has 100 valence electrons. The van der Waals surface area contributed by atoms with Crippen molar-refractivity contribution in [3.8, 4) is 11.8 Å². The van der Waals surface area contributed by atoms with Gasteiger partial charge in [-0.2, -0.15) is 5.26 Å². The molecule has 1 saturated heterocycles. The van der Waals surface area contributed by atoms with E-state index in [2.05, 4.69) is 11.0 Å². The van der Waals surface area contributed by atoms with Crippen LogP contribution in [0.4, 0.5) is 0 Å². The number of nitrogens with zero attached hydrogens (tertiary/aromatic N) is 2. The Hall–Kier alpha value is -1.24. The van der Waals surface area contributed by atoms with Crippen LogP contribution in [0.5, 0.6) is 5.75 Å². The first-order valence-corrected chi connectivity index (χ1v) is 7.23. The zero-order valence-electron chi connectivity index (χ0n) is 10.9. The molecule has 0 N–H and O–H groups in total. The van der Waals surface area contributed by atoms with E-state index in [4.69, 9.17) is 16.3 Å². The summed E-state index contributed by atoms with van der Waals surface area (Å²) < 4.78 is 5.78. The zero-order valence-corrected chi connectivity index (χ0v) is 11.6. The monoisotopic (exact) mass is 276 g/mol. The van der Waals surface area contributed by atoms with Crippen LogP contribution in [-0.2, 0) is 5.54 Å². The number of hydrogen-bond acceptors (Lipinski definition) is 3. The van der Waals surface area contributed by atoms with Gasteiger partial charge in [-0.1, -0.05) is 11.6 Å². The average molecular weight is 277 g/mol. The Balaban J connectivity index is 2.14. The van der Waals surface area contributed by atoms with Crippen molar-refractivity contribution in [3.05, 3.63) is 28.8 Å². The normalized spacial score (nSPS) is 27.2. The Morgan fingerprint density at radius 1 is 1.26 bits per heavy atom. The Labute approximate surface area is 118 Å². The molecular weight excluding hydrogens is 260 g/mol.